The highest BCUT2D eigenvalue weighted by Crippen LogP contribution is 2.17. The number of carbonyl (C=O) groups excluding carboxylic acids is 1. The quantitative estimate of drug-likeness (QED) is 0.636. The Labute approximate surface area is 81.5 Å². The molecule has 1 aromatic heterocycles. The van der Waals surface area contributed by atoms with Crippen LogP contribution in [0.5, 0.6) is 0 Å². The Morgan fingerprint density at radius 2 is 2.43 bits per heavy atom. The van der Waals surface area contributed by atoms with E-state index >= 15 is 0 Å². The van der Waals surface area contributed by atoms with Crippen LogP contribution in [0.25, 0.3) is 0 Å². The second-order valence-corrected chi connectivity index (χ2v) is 3.68. The van der Waals surface area contributed by atoms with E-state index in [1.807, 2.05) is 0 Å². The van der Waals surface area contributed by atoms with Gasteiger partial charge >= 0.3 is 0 Å². The highest BCUT2D eigenvalue weighted by Gasteiger charge is 2.27. The number of nitrogens with two attached hydrogens (primary N) is 1. The van der Waals surface area contributed by atoms with Crippen LogP contribution in [0.2, 0.25) is 0 Å². The average Bonchev–Trinajstić information content (AvgIpc) is 2.49. The maximum absolute atomic E-state index is 11.5. The van der Waals surface area contributed by atoms with E-state index < -0.39 is 0 Å². The van der Waals surface area contributed by atoms with Crippen molar-refractivity contribution in [3.63, 3.8) is 0 Å². The van der Waals surface area contributed by atoms with Gasteiger partial charge in [0.15, 0.2) is 5.69 Å². The first-order valence-electron chi connectivity index (χ1n) is 4.58. The number of aromatic nitrogens is 3. The van der Waals surface area contributed by atoms with E-state index in [-0.39, 0.29) is 18.0 Å². The first-order chi connectivity index (χ1) is 6.65. The lowest BCUT2D eigenvalue weighted by atomic mass is 9.87. The average molecular weight is 195 g/mol. The topological polar surface area (TPSA) is 85.8 Å². The fourth-order valence-electron chi connectivity index (χ4n) is 1.49. The molecule has 1 aliphatic carbocycles. The molecule has 1 fully saturated rings. The number of nitrogens with zero attached hydrogens (tertiary/aromatic N) is 3. The van der Waals surface area contributed by atoms with Crippen LogP contribution in [-0.2, 0) is 7.05 Å². The van der Waals surface area contributed by atoms with E-state index in [4.69, 9.17) is 5.73 Å². The molecule has 14 heavy (non-hydrogen) atoms. The fraction of sp³-hybridized carbons (Fsp3) is 0.625. The maximum Gasteiger partial charge on any atom is 0.273 e. The summed E-state index contributed by atoms with van der Waals surface area (Å²) < 4.78 is 1.50. The van der Waals surface area contributed by atoms with Gasteiger partial charge < -0.3 is 11.1 Å². The van der Waals surface area contributed by atoms with Gasteiger partial charge in [0.25, 0.3) is 5.91 Å². The summed E-state index contributed by atoms with van der Waals surface area (Å²) in [5, 5.41) is 10.2. The van der Waals surface area contributed by atoms with E-state index in [0.717, 1.165) is 12.8 Å². The Bertz CT molecular complexity index is 341. The molecule has 1 heterocycles. The molecule has 1 aliphatic rings. The second kappa shape index (κ2) is 3.38. The zero-order valence-electron chi connectivity index (χ0n) is 7.97. The van der Waals surface area contributed by atoms with E-state index in [1.165, 1.54) is 4.68 Å². The molecule has 6 nitrogen and oxygen atoms in total. The molecule has 0 unspecified atom stereocenters. The van der Waals surface area contributed by atoms with Crippen molar-refractivity contribution in [2.45, 2.75) is 24.9 Å². The lowest BCUT2D eigenvalue weighted by Crippen LogP contribution is -2.50. The first-order valence-corrected chi connectivity index (χ1v) is 4.58. The standard InChI is InChI=1S/C8H13N5O/c1-13-4-7(11-12-13)8(14)10-6-2-5(9)3-6/h4-6H,2-3,9H2,1H3,(H,10,14). The Kier molecular flexibility index (Phi) is 2.20. The normalized spacial score (nSPS) is 25.6. The van der Waals surface area contributed by atoms with Crippen LogP contribution in [0.3, 0.4) is 0 Å². The molecule has 0 atom stereocenters. The maximum atomic E-state index is 11.5. The van der Waals surface area contributed by atoms with Crippen LogP contribution in [-0.4, -0.2) is 33.0 Å². The van der Waals surface area contributed by atoms with Gasteiger partial charge in [-0.05, 0) is 12.8 Å². The summed E-state index contributed by atoms with van der Waals surface area (Å²) >= 11 is 0. The van der Waals surface area contributed by atoms with Crippen LogP contribution in [0.15, 0.2) is 6.20 Å². The highest BCUT2D eigenvalue weighted by molar-refractivity contribution is 5.92. The van der Waals surface area contributed by atoms with Crippen molar-refractivity contribution in [3.8, 4) is 0 Å². The largest absolute Gasteiger partial charge is 0.348 e. The predicted molar refractivity (Wildman–Crippen MR) is 49.5 cm³/mol. The van der Waals surface area contributed by atoms with E-state index in [1.54, 1.807) is 13.2 Å². The van der Waals surface area contributed by atoms with Crippen molar-refractivity contribution in [2.75, 3.05) is 0 Å². The molecule has 2 rings (SSSR count). The third-order valence-corrected chi connectivity index (χ3v) is 2.35. The second-order valence-electron chi connectivity index (χ2n) is 3.68. The number of hydrogen-bond donors (Lipinski definition) is 2. The minimum atomic E-state index is -0.171. The van der Waals surface area contributed by atoms with Crippen molar-refractivity contribution >= 4 is 5.91 Å². The van der Waals surface area contributed by atoms with Gasteiger partial charge in [-0.25, -0.2) is 0 Å². The van der Waals surface area contributed by atoms with Crippen LogP contribution in [0.1, 0.15) is 23.3 Å². The Balaban J connectivity index is 1.90. The number of nitrogens with one attached hydrogen (secondary N) is 1. The van der Waals surface area contributed by atoms with E-state index in [0.29, 0.717) is 5.69 Å². The molecule has 0 aromatic carbocycles. The van der Waals surface area contributed by atoms with Crippen molar-refractivity contribution in [3.05, 3.63) is 11.9 Å². The van der Waals surface area contributed by atoms with Gasteiger partial charge in [-0.3, -0.25) is 9.48 Å². The molecule has 6 heteroatoms. The lowest BCUT2D eigenvalue weighted by Gasteiger charge is -2.32. The lowest BCUT2D eigenvalue weighted by molar-refractivity contribution is 0.0905. The number of amides is 1. The highest BCUT2D eigenvalue weighted by atomic mass is 16.2. The third kappa shape index (κ3) is 1.74. The van der Waals surface area contributed by atoms with E-state index in [2.05, 4.69) is 15.6 Å². The van der Waals surface area contributed by atoms with Gasteiger partial charge in [-0.15, -0.1) is 5.10 Å². The predicted octanol–water partition coefficient (Wildman–Crippen LogP) is -0.965. The van der Waals surface area contributed by atoms with Crippen molar-refractivity contribution in [1.29, 1.82) is 0 Å². The van der Waals surface area contributed by atoms with E-state index in [9.17, 15) is 4.79 Å². The Morgan fingerprint density at radius 3 is 2.93 bits per heavy atom. The molecule has 76 valence electrons. The SMILES string of the molecule is Cn1cc(C(=O)NC2CC(N)C2)nn1. The molecule has 0 spiro atoms. The van der Waals surface area contributed by atoms with Crippen LogP contribution < -0.4 is 11.1 Å². The fourth-order valence-corrected chi connectivity index (χ4v) is 1.49. The number of rotatable bonds is 2. The Hall–Kier alpha value is -1.43. The molecular formula is C8H13N5O. The number of aryl methyl sites for hydroxylation is 1. The van der Waals surface area contributed by atoms with Crippen molar-refractivity contribution in [1.82, 2.24) is 20.3 Å². The molecule has 0 aliphatic heterocycles. The summed E-state index contributed by atoms with van der Waals surface area (Å²) in [4.78, 5) is 11.5. The summed E-state index contributed by atoms with van der Waals surface area (Å²) in [6.07, 6.45) is 3.30. The molecule has 1 saturated carbocycles. The minimum Gasteiger partial charge on any atom is -0.348 e. The molecule has 0 radical (unpaired) electrons. The van der Waals surface area contributed by atoms with Gasteiger partial charge in [-0.1, -0.05) is 5.21 Å². The van der Waals surface area contributed by atoms with Gasteiger partial charge in [0.05, 0.1) is 6.20 Å². The first kappa shape index (κ1) is 9.14. The van der Waals surface area contributed by atoms with Gasteiger partial charge in [0, 0.05) is 19.1 Å². The van der Waals surface area contributed by atoms with Gasteiger partial charge in [0.2, 0.25) is 0 Å². The number of hydrogen-bond acceptors (Lipinski definition) is 4. The van der Waals surface area contributed by atoms with Crippen LogP contribution >= 0.6 is 0 Å². The van der Waals surface area contributed by atoms with Crippen molar-refractivity contribution < 1.29 is 4.79 Å². The summed E-state index contributed by atoms with van der Waals surface area (Å²) in [7, 11) is 1.73. The van der Waals surface area contributed by atoms with Gasteiger partial charge in [-0.2, -0.15) is 0 Å². The summed E-state index contributed by atoms with van der Waals surface area (Å²) in [5.74, 6) is -0.171. The molecule has 1 amide bonds. The summed E-state index contributed by atoms with van der Waals surface area (Å²) in [6.45, 7) is 0. The smallest absolute Gasteiger partial charge is 0.273 e. The summed E-state index contributed by atoms with van der Waals surface area (Å²) in [5.41, 5.74) is 5.96. The summed E-state index contributed by atoms with van der Waals surface area (Å²) in [6, 6.07) is 0.446. The molecule has 0 bridgehead atoms. The molecule has 0 saturated heterocycles. The zero-order chi connectivity index (χ0) is 10.1. The zero-order valence-corrected chi connectivity index (χ0v) is 7.97. The van der Waals surface area contributed by atoms with Crippen LogP contribution in [0, 0.1) is 0 Å². The van der Waals surface area contributed by atoms with Crippen LogP contribution in [0.4, 0.5) is 0 Å². The Morgan fingerprint density at radius 1 is 1.71 bits per heavy atom. The molecular weight excluding hydrogens is 182 g/mol. The molecule has 1 aromatic rings. The monoisotopic (exact) mass is 195 g/mol. The minimum absolute atomic E-state index is 0.171. The molecule has 3 N–H and O–H groups in total. The van der Waals surface area contributed by atoms with Crippen molar-refractivity contribution in [2.24, 2.45) is 12.8 Å². The third-order valence-electron chi connectivity index (χ3n) is 2.35. The number of carbonyl (C=O) groups is 1. The van der Waals surface area contributed by atoms with Gasteiger partial charge in [0.1, 0.15) is 0 Å².